The number of hydrogen-bond donors (Lipinski definition) is 1. The molecule has 4 heteroatoms. The molecule has 1 saturated carbocycles. The predicted octanol–water partition coefficient (Wildman–Crippen LogP) is 3.16. The van der Waals surface area contributed by atoms with Gasteiger partial charge in [0.15, 0.2) is 11.5 Å². The van der Waals surface area contributed by atoms with E-state index in [1.807, 2.05) is 6.07 Å². The predicted molar refractivity (Wildman–Crippen MR) is 75.4 cm³/mol. The summed E-state index contributed by atoms with van der Waals surface area (Å²) in [7, 11) is 0. The summed E-state index contributed by atoms with van der Waals surface area (Å²) in [5.41, 5.74) is 1.22. The lowest BCUT2D eigenvalue weighted by Gasteiger charge is -2.40. The van der Waals surface area contributed by atoms with Crippen LogP contribution in [0.25, 0.3) is 0 Å². The molecule has 0 bridgehead atoms. The van der Waals surface area contributed by atoms with Gasteiger partial charge in [-0.25, -0.2) is 0 Å². The van der Waals surface area contributed by atoms with E-state index in [9.17, 15) is 0 Å². The van der Waals surface area contributed by atoms with Crippen molar-refractivity contribution in [3.05, 3.63) is 17.7 Å². The highest BCUT2D eigenvalue weighted by molar-refractivity contribution is 5.59. The zero-order chi connectivity index (χ0) is 13.6. The highest BCUT2D eigenvalue weighted by Gasteiger charge is 2.44. The fourth-order valence-electron chi connectivity index (χ4n) is 3.84. The third-order valence-electron chi connectivity index (χ3n) is 4.76. The Morgan fingerprint density at radius 1 is 1.20 bits per heavy atom. The summed E-state index contributed by atoms with van der Waals surface area (Å²) in [6, 6.07) is 4.48. The molecule has 1 N–H and O–H groups in total. The number of hydrogen-bond acceptors (Lipinski definition) is 4. The Labute approximate surface area is 119 Å². The highest BCUT2D eigenvalue weighted by Crippen LogP contribution is 2.53. The summed E-state index contributed by atoms with van der Waals surface area (Å²) in [5.74, 6) is 2.53. The van der Waals surface area contributed by atoms with Gasteiger partial charge in [0.25, 0.3) is 0 Å². The van der Waals surface area contributed by atoms with Crippen LogP contribution < -0.4 is 19.5 Å². The highest BCUT2D eigenvalue weighted by atomic mass is 16.7. The lowest BCUT2D eigenvalue weighted by atomic mass is 9.85. The number of rotatable bonds is 2. The van der Waals surface area contributed by atoms with Crippen LogP contribution in [0.1, 0.15) is 50.6 Å². The first kappa shape index (κ1) is 12.3. The number of benzene rings is 1. The maximum atomic E-state index is 6.45. The van der Waals surface area contributed by atoms with Crippen LogP contribution in [0, 0.1) is 0 Å². The smallest absolute Gasteiger partial charge is 0.231 e. The third kappa shape index (κ3) is 1.78. The summed E-state index contributed by atoms with van der Waals surface area (Å²) in [6.07, 6.45) is 5.90. The first-order chi connectivity index (χ1) is 9.81. The van der Waals surface area contributed by atoms with Gasteiger partial charge in [-0.05, 0) is 44.4 Å². The molecule has 1 unspecified atom stereocenters. The Kier molecular flexibility index (Phi) is 2.81. The summed E-state index contributed by atoms with van der Waals surface area (Å²) < 4.78 is 17.6. The van der Waals surface area contributed by atoms with Crippen molar-refractivity contribution in [2.45, 2.75) is 50.7 Å². The van der Waals surface area contributed by atoms with Crippen molar-refractivity contribution in [3.8, 4) is 17.2 Å². The molecule has 108 valence electrons. The van der Waals surface area contributed by atoms with Gasteiger partial charge < -0.3 is 19.5 Å². The molecule has 2 heterocycles. The minimum absolute atomic E-state index is 0.000903. The molecule has 1 fully saturated rings. The van der Waals surface area contributed by atoms with Gasteiger partial charge in [-0.15, -0.1) is 0 Å². The van der Waals surface area contributed by atoms with Gasteiger partial charge in [-0.1, -0.05) is 6.92 Å². The standard InChI is InChI=1S/C16H21NO3/c1-2-17-12-9-16(7-3-4-8-16)20-14-11(12)5-6-13-15(14)19-10-18-13/h5-6,12,17H,2-4,7-10H2,1H3. The fourth-order valence-corrected chi connectivity index (χ4v) is 3.84. The third-order valence-corrected chi connectivity index (χ3v) is 4.76. The van der Waals surface area contributed by atoms with Crippen molar-refractivity contribution >= 4 is 0 Å². The SMILES string of the molecule is CCNC1CC2(CCCC2)Oc2c1ccc1c2OCO1. The van der Waals surface area contributed by atoms with Crippen molar-refractivity contribution in [1.82, 2.24) is 5.32 Å². The molecule has 0 aromatic heterocycles. The van der Waals surface area contributed by atoms with Crippen LogP contribution in [-0.4, -0.2) is 18.9 Å². The minimum atomic E-state index is 0.000903. The van der Waals surface area contributed by atoms with Crippen molar-refractivity contribution in [3.63, 3.8) is 0 Å². The molecular formula is C16H21NO3. The quantitative estimate of drug-likeness (QED) is 0.900. The van der Waals surface area contributed by atoms with Crippen LogP contribution in [0.4, 0.5) is 0 Å². The summed E-state index contributed by atoms with van der Waals surface area (Å²) in [4.78, 5) is 0. The van der Waals surface area contributed by atoms with Gasteiger partial charge in [0.05, 0.1) is 0 Å². The molecule has 2 aliphatic heterocycles. The van der Waals surface area contributed by atoms with E-state index in [0.717, 1.165) is 43.1 Å². The van der Waals surface area contributed by atoms with Crippen LogP contribution in [0.3, 0.4) is 0 Å². The monoisotopic (exact) mass is 275 g/mol. The summed E-state index contributed by atoms with van der Waals surface area (Å²) in [5, 5.41) is 3.61. The molecular weight excluding hydrogens is 254 g/mol. The summed E-state index contributed by atoms with van der Waals surface area (Å²) >= 11 is 0. The lowest BCUT2D eigenvalue weighted by molar-refractivity contribution is 0.0333. The van der Waals surface area contributed by atoms with Crippen molar-refractivity contribution in [2.24, 2.45) is 0 Å². The van der Waals surface area contributed by atoms with Gasteiger partial charge in [0.1, 0.15) is 5.60 Å². The number of nitrogens with one attached hydrogen (secondary N) is 1. The van der Waals surface area contributed by atoms with E-state index in [4.69, 9.17) is 14.2 Å². The molecule has 1 aliphatic carbocycles. The first-order valence-electron chi connectivity index (χ1n) is 7.66. The molecule has 1 atom stereocenters. The van der Waals surface area contributed by atoms with Gasteiger partial charge in [-0.3, -0.25) is 0 Å². The van der Waals surface area contributed by atoms with Gasteiger partial charge in [0.2, 0.25) is 12.5 Å². The summed E-state index contributed by atoms with van der Waals surface area (Å²) in [6.45, 7) is 3.42. The van der Waals surface area contributed by atoms with Crippen LogP contribution in [0.15, 0.2) is 12.1 Å². The van der Waals surface area contributed by atoms with Crippen molar-refractivity contribution in [1.29, 1.82) is 0 Å². The second-order valence-corrected chi connectivity index (χ2v) is 6.02. The maximum absolute atomic E-state index is 6.45. The first-order valence-corrected chi connectivity index (χ1v) is 7.66. The Morgan fingerprint density at radius 3 is 2.85 bits per heavy atom. The molecule has 3 aliphatic rings. The molecule has 20 heavy (non-hydrogen) atoms. The van der Waals surface area contributed by atoms with E-state index in [2.05, 4.69) is 18.3 Å². The van der Waals surface area contributed by atoms with Crippen LogP contribution >= 0.6 is 0 Å². The zero-order valence-corrected chi connectivity index (χ0v) is 11.9. The largest absolute Gasteiger partial charge is 0.483 e. The Hall–Kier alpha value is -1.42. The van der Waals surface area contributed by atoms with Crippen LogP contribution in [0.2, 0.25) is 0 Å². The number of ether oxygens (including phenoxy) is 3. The molecule has 0 amide bonds. The van der Waals surface area contributed by atoms with Crippen LogP contribution in [0.5, 0.6) is 17.2 Å². The topological polar surface area (TPSA) is 39.7 Å². The lowest BCUT2D eigenvalue weighted by Crippen LogP contribution is -2.42. The second-order valence-electron chi connectivity index (χ2n) is 6.02. The van der Waals surface area contributed by atoms with Crippen molar-refractivity contribution < 1.29 is 14.2 Å². The van der Waals surface area contributed by atoms with Gasteiger partial charge >= 0.3 is 0 Å². The maximum Gasteiger partial charge on any atom is 0.231 e. The molecule has 4 rings (SSSR count). The fraction of sp³-hybridized carbons (Fsp3) is 0.625. The van der Waals surface area contributed by atoms with E-state index in [1.54, 1.807) is 0 Å². The van der Waals surface area contributed by atoms with E-state index in [0.29, 0.717) is 12.8 Å². The average molecular weight is 275 g/mol. The van der Waals surface area contributed by atoms with Gasteiger partial charge in [0, 0.05) is 18.0 Å². The van der Waals surface area contributed by atoms with E-state index in [1.165, 1.54) is 18.4 Å². The molecule has 0 saturated heterocycles. The van der Waals surface area contributed by atoms with E-state index < -0.39 is 0 Å². The number of fused-ring (bicyclic) bond motifs is 3. The molecule has 1 spiro atoms. The molecule has 0 radical (unpaired) electrons. The normalized spacial score (nSPS) is 25.6. The Balaban J connectivity index is 1.79. The molecule has 4 nitrogen and oxygen atoms in total. The Bertz CT molecular complexity index is 523. The Morgan fingerprint density at radius 2 is 2.05 bits per heavy atom. The average Bonchev–Trinajstić information content (AvgIpc) is 3.08. The van der Waals surface area contributed by atoms with E-state index in [-0.39, 0.29) is 5.60 Å². The second kappa shape index (κ2) is 4.55. The van der Waals surface area contributed by atoms with Crippen LogP contribution in [-0.2, 0) is 0 Å². The van der Waals surface area contributed by atoms with Gasteiger partial charge in [-0.2, -0.15) is 0 Å². The molecule has 1 aromatic rings. The van der Waals surface area contributed by atoms with Crippen molar-refractivity contribution in [2.75, 3.05) is 13.3 Å². The molecule has 1 aromatic carbocycles. The zero-order valence-electron chi connectivity index (χ0n) is 11.9. The minimum Gasteiger partial charge on any atom is -0.483 e. The van der Waals surface area contributed by atoms with E-state index >= 15 is 0 Å².